The number of pyridine rings is 1. The van der Waals surface area contributed by atoms with Gasteiger partial charge in [0.25, 0.3) is 5.91 Å². The summed E-state index contributed by atoms with van der Waals surface area (Å²) in [5.41, 5.74) is 3.61. The van der Waals surface area contributed by atoms with Gasteiger partial charge in [-0.05, 0) is 49.9 Å². The molecule has 5 nitrogen and oxygen atoms in total. The van der Waals surface area contributed by atoms with Crippen LogP contribution in [-0.2, 0) is 13.1 Å². The molecule has 2 heterocycles. The van der Waals surface area contributed by atoms with Crippen molar-refractivity contribution in [2.24, 2.45) is 5.92 Å². The summed E-state index contributed by atoms with van der Waals surface area (Å²) in [6.07, 6.45) is 3.76. The molecule has 0 radical (unpaired) electrons. The number of carbonyl (C=O) groups is 1. The average Bonchev–Trinajstić information content (AvgIpc) is 3.02. The highest BCUT2D eigenvalue weighted by Crippen LogP contribution is 2.18. The molecule has 3 aromatic rings. The van der Waals surface area contributed by atoms with Crippen LogP contribution in [0.4, 0.5) is 0 Å². The third-order valence-electron chi connectivity index (χ3n) is 4.89. The van der Waals surface area contributed by atoms with E-state index in [1.54, 1.807) is 6.20 Å². The van der Waals surface area contributed by atoms with Crippen LogP contribution in [0.2, 0.25) is 0 Å². The van der Waals surface area contributed by atoms with Crippen molar-refractivity contribution in [1.29, 1.82) is 0 Å². The van der Waals surface area contributed by atoms with Crippen molar-refractivity contribution in [3.8, 4) is 0 Å². The molecule has 2 aromatic heterocycles. The summed E-state index contributed by atoms with van der Waals surface area (Å²) >= 11 is 0. The van der Waals surface area contributed by atoms with Crippen molar-refractivity contribution in [1.82, 2.24) is 19.4 Å². The first kappa shape index (κ1) is 20.1. The molecule has 0 bridgehead atoms. The van der Waals surface area contributed by atoms with E-state index in [2.05, 4.69) is 30.3 Å². The van der Waals surface area contributed by atoms with E-state index in [9.17, 15) is 4.79 Å². The van der Waals surface area contributed by atoms with E-state index in [4.69, 9.17) is 4.98 Å². The molecule has 148 valence electrons. The van der Waals surface area contributed by atoms with Crippen LogP contribution in [0.5, 0.6) is 0 Å². The van der Waals surface area contributed by atoms with Crippen molar-refractivity contribution in [3.05, 3.63) is 59.5 Å². The first-order chi connectivity index (χ1) is 13.5. The first-order valence-electron chi connectivity index (χ1n) is 10.2. The number of carbonyl (C=O) groups excluding carboxylic acids is 1. The lowest BCUT2D eigenvalue weighted by atomic mass is 10.1. The summed E-state index contributed by atoms with van der Waals surface area (Å²) in [6, 6.07) is 11.7. The SMILES string of the molecule is CCCn1c(CN(CCC(C)C)C(=O)c2cccc(C)c2)nc2cccnc21. The Morgan fingerprint density at radius 2 is 2.04 bits per heavy atom. The molecule has 0 aliphatic heterocycles. The van der Waals surface area contributed by atoms with Crippen LogP contribution in [0.3, 0.4) is 0 Å². The van der Waals surface area contributed by atoms with Crippen molar-refractivity contribution < 1.29 is 4.79 Å². The number of hydrogen-bond acceptors (Lipinski definition) is 3. The predicted molar refractivity (Wildman–Crippen MR) is 113 cm³/mol. The van der Waals surface area contributed by atoms with Gasteiger partial charge in [0.05, 0.1) is 6.54 Å². The zero-order valence-electron chi connectivity index (χ0n) is 17.4. The molecular weight excluding hydrogens is 348 g/mol. The zero-order chi connectivity index (χ0) is 20.1. The minimum atomic E-state index is 0.0624. The Balaban J connectivity index is 1.94. The molecule has 0 atom stereocenters. The maximum absolute atomic E-state index is 13.3. The van der Waals surface area contributed by atoms with Crippen molar-refractivity contribution in [2.75, 3.05) is 6.54 Å². The standard InChI is InChI=1S/C23H30N4O/c1-5-13-27-21(25-20-10-7-12-24-22(20)27)16-26(14-11-17(2)3)23(28)19-9-6-8-18(4)15-19/h6-10,12,15,17H,5,11,13-14,16H2,1-4H3. The molecule has 1 amide bonds. The lowest BCUT2D eigenvalue weighted by Crippen LogP contribution is -2.33. The van der Waals surface area contributed by atoms with Crippen LogP contribution in [0.15, 0.2) is 42.6 Å². The normalized spacial score (nSPS) is 11.3. The number of imidazole rings is 1. The van der Waals surface area contributed by atoms with Gasteiger partial charge in [-0.25, -0.2) is 9.97 Å². The minimum Gasteiger partial charge on any atom is -0.331 e. The highest BCUT2D eigenvalue weighted by Gasteiger charge is 2.20. The van der Waals surface area contributed by atoms with Gasteiger partial charge in [0.2, 0.25) is 0 Å². The summed E-state index contributed by atoms with van der Waals surface area (Å²) < 4.78 is 2.15. The molecule has 0 saturated carbocycles. The molecule has 3 rings (SSSR count). The van der Waals surface area contributed by atoms with Crippen LogP contribution in [0.25, 0.3) is 11.2 Å². The number of aromatic nitrogens is 3. The van der Waals surface area contributed by atoms with Gasteiger partial charge >= 0.3 is 0 Å². The van der Waals surface area contributed by atoms with E-state index in [-0.39, 0.29) is 5.91 Å². The Hall–Kier alpha value is -2.69. The summed E-state index contributed by atoms with van der Waals surface area (Å²) in [5.74, 6) is 1.50. The fourth-order valence-corrected chi connectivity index (χ4v) is 3.38. The number of rotatable bonds is 8. The highest BCUT2D eigenvalue weighted by atomic mass is 16.2. The summed E-state index contributed by atoms with van der Waals surface area (Å²) in [6.45, 7) is 10.6. The second-order valence-electron chi connectivity index (χ2n) is 7.80. The zero-order valence-corrected chi connectivity index (χ0v) is 17.4. The number of aryl methyl sites for hydroxylation is 2. The summed E-state index contributed by atoms with van der Waals surface area (Å²) in [7, 11) is 0. The monoisotopic (exact) mass is 378 g/mol. The predicted octanol–water partition coefficient (Wildman–Crippen LogP) is 4.84. The maximum Gasteiger partial charge on any atom is 0.254 e. The van der Waals surface area contributed by atoms with E-state index in [0.717, 1.165) is 47.5 Å². The van der Waals surface area contributed by atoms with E-state index in [1.807, 2.05) is 48.2 Å². The van der Waals surface area contributed by atoms with Gasteiger partial charge < -0.3 is 9.47 Å². The van der Waals surface area contributed by atoms with Crippen LogP contribution >= 0.6 is 0 Å². The minimum absolute atomic E-state index is 0.0624. The molecule has 0 spiro atoms. The Bertz CT molecular complexity index is 945. The maximum atomic E-state index is 13.3. The Morgan fingerprint density at radius 1 is 1.21 bits per heavy atom. The molecular formula is C23H30N4O. The Labute approximate surface area is 167 Å². The number of amides is 1. The summed E-state index contributed by atoms with van der Waals surface area (Å²) in [4.78, 5) is 24.5. The van der Waals surface area contributed by atoms with Gasteiger partial charge in [0.15, 0.2) is 5.65 Å². The van der Waals surface area contributed by atoms with Crippen molar-refractivity contribution in [2.45, 2.75) is 53.6 Å². The number of benzene rings is 1. The number of hydrogen-bond donors (Lipinski definition) is 0. The lowest BCUT2D eigenvalue weighted by Gasteiger charge is -2.24. The molecule has 5 heteroatoms. The molecule has 0 aliphatic rings. The van der Waals surface area contributed by atoms with Gasteiger partial charge in [-0.15, -0.1) is 0 Å². The van der Waals surface area contributed by atoms with Crippen molar-refractivity contribution >= 4 is 17.1 Å². The fourth-order valence-electron chi connectivity index (χ4n) is 3.38. The molecule has 0 fully saturated rings. The average molecular weight is 379 g/mol. The first-order valence-corrected chi connectivity index (χ1v) is 10.2. The van der Waals surface area contributed by atoms with E-state index < -0.39 is 0 Å². The summed E-state index contributed by atoms with van der Waals surface area (Å²) in [5, 5.41) is 0. The van der Waals surface area contributed by atoms with Gasteiger partial charge in [0.1, 0.15) is 11.3 Å². The smallest absolute Gasteiger partial charge is 0.254 e. The topological polar surface area (TPSA) is 51.0 Å². The van der Waals surface area contributed by atoms with Crippen LogP contribution in [0, 0.1) is 12.8 Å². The number of nitrogens with zero attached hydrogens (tertiary/aromatic N) is 4. The second kappa shape index (κ2) is 9.00. The van der Waals surface area contributed by atoms with E-state index in [0.29, 0.717) is 19.0 Å². The molecule has 28 heavy (non-hydrogen) atoms. The van der Waals surface area contributed by atoms with Crippen LogP contribution in [-0.4, -0.2) is 31.9 Å². The van der Waals surface area contributed by atoms with Crippen molar-refractivity contribution in [3.63, 3.8) is 0 Å². The molecule has 0 aliphatic carbocycles. The highest BCUT2D eigenvalue weighted by molar-refractivity contribution is 5.94. The second-order valence-corrected chi connectivity index (χ2v) is 7.80. The molecule has 0 N–H and O–H groups in total. The molecule has 0 saturated heterocycles. The number of fused-ring (bicyclic) bond motifs is 1. The molecule has 1 aromatic carbocycles. The third-order valence-corrected chi connectivity index (χ3v) is 4.89. The molecule has 0 unspecified atom stereocenters. The van der Waals surface area contributed by atoms with Gasteiger partial charge in [-0.1, -0.05) is 38.5 Å². The Kier molecular flexibility index (Phi) is 6.45. The van der Waals surface area contributed by atoms with Gasteiger partial charge in [-0.2, -0.15) is 0 Å². The quantitative estimate of drug-likeness (QED) is 0.564. The largest absolute Gasteiger partial charge is 0.331 e. The van der Waals surface area contributed by atoms with Crippen LogP contribution in [0.1, 0.15) is 55.4 Å². The Morgan fingerprint density at radius 3 is 2.75 bits per heavy atom. The van der Waals surface area contributed by atoms with E-state index in [1.165, 1.54) is 0 Å². The van der Waals surface area contributed by atoms with Gasteiger partial charge in [0, 0.05) is 24.8 Å². The third kappa shape index (κ3) is 4.58. The van der Waals surface area contributed by atoms with E-state index >= 15 is 0 Å². The van der Waals surface area contributed by atoms with Gasteiger partial charge in [-0.3, -0.25) is 4.79 Å². The fraction of sp³-hybridized carbons (Fsp3) is 0.435. The van der Waals surface area contributed by atoms with Crippen LogP contribution < -0.4 is 0 Å². The lowest BCUT2D eigenvalue weighted by molar-refractivity contribution is 0.0729.